The Morgan fingerprint density at radius 1 is 1.17 bits per heavy atom. The van der Waals surface area contributed by atoms with Gasteiger partial charge in [0.1, 0.15) is 0 Å². The smallest absolute Gasteiger partial charge is 0.0475 e. The first-order valence-corrected chi connectivity index (χ1v) is 7.97. The van der Waals surface area contributed by atoms with Gasteiger partial charge < -0.3 is 4.90 Å². The van der Waals surface area contributed by atoms with Crippen molar-refractivity contribution in [2.75, 3.05) is 38.6 Å². The van der Waals surface area contributed by atoms with Crippen LogP contribution in [0.2, 0.25) is 0 Å². The summed E-state index contributed by atoms with van der Waals surface area (Å²) in [7, 11) is 2.23. The molecule has 0 spiro atoms. The summed E-state index contributed by atoms with van der Waals surface area (Å²) in [4.78, 5) is 5.09. The molecule has 1 aliphatic heterocycles. The van der Waals surface area contributed by atoms with Crippen molar-refractivity contribution in [1.82, 2.24) is 9.80 Å². The highest BCUT2D eigenvalue weighted by Crippen LogP contribution is 2.24. The van der Waals surface area contributed by atoms with Gasteiger partial charge in [-0.15, -0.1) is 0 Å². The summed E-state index contributed by atoms with van der Waals surface area (Å²) in [6.45, 7) is 4.76. The molecule has 0 N–H and O–H groups in total. The van der Waals surface area contributed by atoms with Crippen LogP contribution in [-0.4, -0.2) is 48.4 Å². The number of hydrogen-bond donors (Lipinski definition) is 0. The van der Waals surface area contributed by atoms with Gasteiger partial charge in [-0.2, -0.15) is 0 Å². The molecule has 1 aromatic rings. The van der Waals surface area contributed by atoms with Crippen LogP contribution in [0, 0.1) is 0 Å². The van der Waals surface area contributed by atoms with Crippen LogP contribution in [0.3, 0.4) is 0 Å². The summed E-state index contributed by atoms with van der Waals surface area (Å²) in [6.07, 6.45) is 2.56. The molecule has 1 unspecified atom stereocenters. The standard InChI is InChI=1S/C15H23BrN2/c1-17-11-12-18(10-6-5-9-16)15(13-17)14-7-3-2-4-8-14/h2-4,7-8,15H,5-6,9-13H2,1H3. The first-order valence-electron chi connectivity index (χ1n) is 6.85. The summed E-state index contributed by atoms with van der Waals surface area (Å²) in [6, 6.07) is 11.5. The molecular formula is C15H23BrN2. The van der Waals surface area contributed by atoms with Gasteiger partial charge in [0.05, 0.1) is 0 Å². The van der Waals surface area contributed by atoms with Crippen LogP contribution in [0.4, 0.5) is 0 Å². The Morgan fingerprint density at radius 2 is 1.94 bits per heavy atom. The number of benzene rings is 1. The number of rotatable bonds is 5. The molecule has 0 aliphatic carbocycles. The first-order chi connectivity index (χ1) is 8.81. The normalized spacial score (nSPS) is 22.2. The number of likely N-dealkylation sites (N-methyl/N-ethyl adjacent to an activating group) is 1. The Kier molecular flexibility index (Phi) is 5.67. The average molecular weight is 311 g/mol. The summed E-state index contributed by atoms with van der Waals surface area (Å²) < 4.78 is 0. The number of halogens is 1. The largest absolute Gasteiger partial charge is 0.303 e. The van der Waals surface area contributed by atoms with Crippen molar-refractivity contribution in [1.29, 1.82) is 0 Å². The van der Waals surface area contributed by atoms with Crippen LogP contribution >= 0.6 is 15.9 Å². The van der Waals surface area contributed by atoms with Crippen molar-refractivity contribution in [3.63, 3.8) is 0 Å². The molecule has 1 heterocycles. The molecule has 1 aliphatic rings. The lowest BCUT2D eigenvalue weighted by Crippen LogP contribution is -2.47. The van der Waals surface area contributed by atoms with Crippen molar-refractivity contribution in [3.8, 4) is 0 Å². The summed E-state index contributed by atoms with van der Waals surface area (Å²) in [5.74, 6) is 0. The lowest BCUT2D eigenvalue weighted by molar-refractivity contribution is 0.0887. The second-order valence-electron chi connectivity index (χ2n) is 5.12. The molecule has 2 nitrogen and oxygen atoms in total. The van der Waals surface area contributed by atoms with E-state index >= 15 is 0 Å². The number of unbranched alkanes of at least 4 members (excludes halogenated alkanes) is 1. The highest BCUT2D eigenvalue weighted by Gasteiger charge is 2.25. The molecule has 1 aromatic carbocycles. The van der Waals surface area contributed by atoms with Gasteiger partial charge in [-0.25, -0.2) is 0 Å². The quantitative estimate of drug-likeness (QED) is 0.609. The van der Waals surface area contributed by atoms with E-state index in [1.807, 2.05) is 0 Å². The maximum atomic E-state index is 3.52. The minimum absolute atomic E-state index is 0.570. The van der Waals surface area contributed by atoms with Crippen LogP contribution in [0.1, 0.15) is 24.4 Å². The monoisotopic (exact) mass is 310 g/mol. The fourth-order valence-electron chi connectivity index (χ4n) is 2.63. The molecule has 1 fully saturated rings. The van der Waals surface area contributed by atoms with Gasteiger partial charge in [0.15, 0.2) is 0 Å². The molecule has 0 radical (unpaired) electrons. The van der Waals surface area contributed by atoms with Crippen molar-refractivity contribution >= 4 is 15.9 Å². The highest BCUT2D eigenvalue weighted by atomic mass is 79.9. The number of hydrogen-bond acceptors (Lipinski definition) is 2. The average Bonchev–Trinajstić information content (AvgIpc) is 2.41. The van der Waals surface area contributed by atoms with E-state index in [2.05, 4.69) is 63.1 Å². The number of nitrogens with zero attached hydrogens (tertiary/aromatic N) is 2. The first kappa shape index (κ1) is 14.0. The van der Waals surface area contributed by atoms with E-state index in [1.54, 1.807) is 0 Å². The summed E-state index contributed by atoms with van der Waals surface area (Å²) in [5, 5.41) is 1.12. The van der Waals surface area contributed by atoms with E-state index in [9.17, 15) is 0 Å². The van der Waals surface area contributed by atoms with Crippen molar-refractivity contribution in [3.05, 3.63) is 35.9 Å². The Bertz CT molecular complexity index is 342. The fourth-order valence-corrected chi connectivity index (χ4v) is 3.02. The third-order valence-electron chi connectivity index (χ3n) is 3.71. The Morgan fingerprint density at radius 3 is 2.67 bits per heavy atom. The van der Waals surface area contributed by atoms with Crippen LogP contribution < -0.4 is 0 Å². The molecule has 1 saturated heterocycles. The zero-order valence-corrected chi connectivity index (χ0v) is 12.8. The molecule has 18 heavy (non-hydrogen) atoms. The molecule has 2 rings (SSSR count). The maximum absolute atomic E-state index is 3.52. The summed E-state index contributed by atoms with van der Waals surface area (Å²) >= 11 is 3.52. The minimum Gasteiger partial charge on any atom is -0.303 e. The van der Waals surface area contributed by atoms with Crippen LogP contribution in [-0.2, 0) is 0 Å². The predicted molar refractivity (Wildman–Crippen MR) is 81.3 cm³/mol. The highest BCUT2D eigenvalue weighted by molar-refractivity contribution is 9.09. The molecule has 0 bridgehead atoms. The van der Waals surface area contributed by atoms with Crippen molar-refractivity contribution < 1.29 is 0 Å². The zero-order chi connectivity index (χ0) is 12.8. The Balaban J connectivity index is 2.02. The lowest BCUT2D eigenvalue weighted by Gasteiger charge is -2.40. The van der Waals surface area contributed by atoms with Gasteiger partial charge in [0.25, 0.3) is 0 Å². The third kappa shape index (κ3) is 3.81. The van der Waals surface area contributed by atoms with Gasteiger partial charge in [0, 0.05) is 31.0 Å². The second-order valence-corrected chi connectivity index (χ2v) is 5.91. The van der Waals surface area contributed by atoms with E-state index in [0.29, 0.717) is 6.04 Å². The molecule has 0 saturated carbocycles. The van der Waals surface area contributed by atoms with Gasteiger partial charge in [-0.1, -0.05) is 46.3 Å². The Labute approximate surface area is 119 Å². The topological polar surface area (TPSA) is 6.48 Å². The van der Waals surface area contributed by atoms with Crippen LogP contribution in [0.15, 0.2) is 30.3 Å². The molecule has 0 amide bonds. The van der Waals surface area contributed by atoms with Gasteiger partial charge >= 0.3 is 0 Å². The van der Waals surface area contributed by atoms with E-state index in [0.717, 1.165) is 11.9 Å². The second kappa shape index (κ2) is 7.27. The van der Waals surface area contributed by atoms with E-state index in [1.165, 1.54) is 38.0 Å². The summed E-state index contributed by atoms with van der Waals surface area (Å²) in [5.41, 5.74) is 1.46. The van der Waals surface area contributed by atoms with Crippen molar-refractivity contribution in [2.45, 2.75) is 18.9 Å². The number of piperazine rings is 1. The van der Waals surface area contributed by atoms with Crippen LogP contribution in [0.5, 0.6) is 0 Å². The van der Waals surface area contributed by atoms with Gasteiger partial charge in [-0.3, -0.25) is 4.90 Å². The minimum atomic E-state index is 0.570. The van der Waals surface area contributed by atoms with E-state index in [-0.39, 0.29) is 0 Å². The molecule has 1 atom stereocenters. The van der Waals surface area contributed by atoms with Gasteiger partial charge in [-0.05, 0) is 32.0 Å². The SMILES string of the molecule is CN1CCN(CCCCBr)C(c2ccccc2)C1. The maximum Gasteiger partial charge on any atom is 0.0475 e. The fraction of sp³-hybridized carbons (Fsp3) is 0.600. The van der Waals surface area contributed by atoms with Crippen molar-refractivity contribution in [2.24, 2.45) is 0 Å². The third-order valence-corrected chi connectivity index (χ3v) is 4.27. The zero-order valence-electron chi connectivity index (χ0n) is 11.2. The molecular weight excluding hydrogens is 288 g/mol. The predicted octanol–water partition coefficient (Wildman–Crippen LogP) is 3.15. The number of alkyl halides is 1. The van der Waals surface area contributed by atoms with E-state index in [4.69, 9.17) is 0 Å². The van der Waals surface area contributed by atoms with Gasteiger partial charge in [0.2, 0.25) is 0 Å². The van der Waals surface area contributed by atoms with E-state index < -0.39 is 0 Å². The van der Waals surface area contributed by atoms with Crippen LogP contribution in [0.25, 0.3) is 0 Å². The Hall–Kier alpha value is -0.380. The molecule has 3 heteroatoms. The molecule has 0 aromatic heterocycles. The molecule has 100 valence electrons. The lowest BCUT2D eigenvalue weighted by atomic mass is 10.0.